The van der Waals surface area contributed by atoms with Crippen LogP contribution in [-0.2, 0) is 14.3 Å². The predicted molar refractivity (Wildman–Crippen MR) is 269 cm³/mol. The molecule has 370 valence electrons. The summed E-state index contributed by atoms with van der Waals surface area (Å²) < 4.78 is 6.07. The lowest BCUT2D eigenvalue weighted by atomic mass is 9.41. The first-order chi connectivity index (χ1) is 30.8. The van der Waals surface area contributed by atoms with E-state index in [1.807, 2.05) is 6.92 Å². The molecule has 0 saturated heterocycles. The zero-order valence-electron chi connectivity index (χ0n) is 44.7. The van der Waals surface area contributed by atoms with Gasteiger partial charge in [-0.15, -0.1) is 0 Å². The Morgan fingerprint density at radius 2 is 1.06 bits per heavy atom. The van der Waals surface area contributed by atoms with E-state index in [2.05, 4.69) is 89.3 Å². The average Bonchev–Trinajstić information content (AvgIpc) is 4.08. The summed E-state index contributed by atoms with van der Waals surface area (Å²) in [4.78, 5) is 26.7. The third-order valence-electron chi connectivity index (χ3n) is 27.4. The molecule has 1 N–H and O–H groups in total. The maximum atomic E-state index is 13.6. The van der Waals surface area contributed by atoms with Crippen LogP contribution in [0.15, 0.2) is 24.3 Å². The van der Waals surface area contributed by atoms with E-state index >= 15 is 0 Å². The van der Waals surface area contributed by atoms with Crippen molar-refractivity contribution >= 4 is 11.8 Å². The number of aliphatic hydroxyl groups is 1. The van der Waals surface area contributed by atoms with E-state index in [1.54, 1.807) is 0 Å². The standard InChI is InChI=1S/C62H98O4/c1-38(15-17-40(3)44-23-27-57(13)48-21-19-46-53(7,8)50(63)25-29-59(46)36-61(48,59)33-31-55(44,57)11)42(5)35-66-52(65)43(6)39(2)16-18-41(4)45-24-28-58(14)49-22-20-47-54(9,10)51(64)26-30-60(47)37-62(49,60)34-32-56(45,58)12/h40-50,63H,1-2,15-37H2,3-14H3/t40-,41-,42-,43+,44-,45-,46-,47-,48+,49-,50+,55-,56-,57+,58+,59-,60-,61+,62+/m1/s1. The molecule has 66 heavy (non-hydrogen) atoms. The minimum Gasteiger partial charge on any atom is -0.465 e. The van der Waals surface area contributed by atoms with Crippen LogP contribution in [0.1, 0.15) is 224 Å². The van der Waals surface area contributed by atoms with E-state index in [-0.39, 0.29) is 34.7 Å². The quantitative estimate of drug-likeness (QED) is 0.148. The van der Waals surface area contributed by atoms with Gasteiger partial charge in [0.1, 0.15) is 5.78 Å². The zero-order valence-corrected chi connectivity index (χ0v) is 44.7. The first kappa shape index (κ1) is 48.2. The van der Waals surface area contributed by atoms with Crippen LogP contribution in [-0.4, -0.2) is 29.6 Å². The minimum atomic E-state index is -0.284. The molecule has 0 bridgehead atoms. The number of ketones is 1. The summed E-state index contributed by atoms with van der Waals surface area (Å²) in [5, 5.41) is 11.1. The van der Waals surface area contributed by atoms with Crippen molar-refractivity contribution < 1.29 is 19.4 Å². The van der Waals surface area contributed by atoms with E-state index in [0.29, 0.717) is 85.3 Å². The normalized spacial score (nSPS) is 50.6. The van der Waals surface area contributed by atoms with E-state index in [1.165, 1.54) is 108 Å². The van der Waals surface area contributed by atoms with Gasteiger partial charge in [0.25, 0.3) is 0 Å². The number of rotatable bonds is 13. The summed E-state index contributed by atoms with van der Waals surface area (Å²) in [5.74, 6) is 5.96. The number of aliphatic hydroxyl groups excluding tert-OH is 1. The van der Waals surface area contributed by atoms with Crippen molar-refractivity contribution in [1.82, 2.24) is 0 Å². The zero-order chi connectivity index (χ0) is 47.6. The van der Waals surface area contributed by atoms with Crippen molar-refractivity contribution in [3.63, 3.8) is 0 Å². The highest BCUT2D eigenvalue weighted by Crippen LogP contribution is 2.90. The van der Waals surface area contributed by atoms with Crippen LogP contribution in [0.2, 0.25) is 0 Å². The van der Waals surface area contributed by atoms with Gasteiger partial charge in [0.2, 0.25) is 0 Å². The van der Waals surface area contributed by atoms with Crippen molar-refractivity contribution in [2.45, 2.75) is 230 Å². The lowest BCUT2D eigenvalue weighted by molar-refractivity contribution is -0.161. The summed E-state index contributed by atoms with van der Waals surface area (Å²) in [7, 11) is 0. The van der Waals surface area contributed by atoms with Crippen molar-refractivity contribution in [2.75, 3.05) is 6.61 Å². The van der Waals surface area contributed by atoms with Crippen LogP contribution in [0.5, 0.6) is 0 Å². The Morgan fingerprint density at radius 1 is 0.591 bits per heavy atom. The first-order valence-corrected chi connectivity index (χ1v) is 28.5. The van der Waals surface area contributed by atoms with Crippen LogP contribution in [0.3, 0.4) is 0 Å². The van der Waals surface area contributed by atoms with Gasteiger partial charge in [0.15, 0.2) is 0 Å². The molecule has 4 heteroatoms. The number of hydrogen-bond acceptors (Lipinski definition) is 4. The van der Waals surface area contributed by atoms with Crippen LogP contribution in [0, 0.1) is 113 Å². The molecule has 0 aliphatic heterocycles. The maximum Gasteiger partial charge on any atom is 0.312 e. The molecule has 4 spiro atoms. The van der Waals surface area contributed by atoms with Crippen LogP contribution in [0.25, 0.3) is 0 Å². The predicted octanol–water partition coefficient (Wildman–Crippen LogP) is 15.6. The molecule has 0 radical (unpaired) electrons. The molecule has 10 fully saturated rings. The van der Waals surface area contributed by atoms with Crippen molar-refractivity contribution in [3.8, 4) is 0 Å². The Kier molecular flexibility index (Phi) is 11.2. The second kappa shape index (κ2) is 15.3. The Balaban J connectivity index is 0.681. The average molecular weight is 907 g/mol. The van der Waals surface area contributed by atoms with Gasteiger partial charge in [0.05, 0.1) is 18.6 Å². The number of carbonyl (C=O) groups is 2. The summed E-state index contributed by atoms with van der Waals surface area (Å²) in [6, 6.07) is 0. The largest absolute Gasteiger partial charge is 0.465 e. The summed E-state index contributed by atoms with van der Waals surface area (Å²) in [6.45, 7) is 39.0. The molecule has 0 aromatic heterocycles. The smallest absolute Gasteiger partial charge is 0.312 e. The molecule has 0 aromatic rings. The van der Waals surface area contributed by atoms with Crippen LogP contribution >= 0.6 is 0 Å². The highest BCUT2D eigenvalue weighted by atomic mass is 16.5. The number of esters is 1. The topological polar surface area (TPSA) is 63.6 Å². The molecule has 10 rings (SSSR count). The Bertz CT molecular complexity index is 2010. The first-order valence-electron chi connectivity index (χ1n) is 28.5. The SMILES string of the molecule is C=C(CC[C@@H](C)[C@H]1CC[C@@]2(C)[C@H]3CC[C@@H]4C(C)(C)C(=O)CC[C@@]45C[C@@]35CC[C@]12C)[C@H](C)C(=O)OC[C@@H](C)C(=C)CC[C@@H](C)[C@H]1CC[C@@]2(C)[C@@H]3CC[C@@H]4C(C)(C)[C@@H](O)CC[C@@]45C[C@@]35CC[C@]12C. The third kappa shape index (κ3) is 6.08. The Labute approximate surface area is 404 Å². The Hall–Kier alpha value is -1.42. The van der Waals surface area contributed by atoms with Gasteiger partial charge >= 0.3 is 5.97 Å². The highest BCUT2D eigenvalue weighted by Gasteiger charge is 2.84. The van der Waals surface area contributed by atoms with Gasteiger partial charge < -0.3 is 9.84 Å². The minimum absolute atomic E-state index is 0.0558. The molecule has 0 aromatic carbocycles. The number of ether oxygens (including phenoxy) is 1. The number of fused-ring (bicyclic) bond motifs is 4. The second-order valence-corrected chi connectivity index (χ2v) is 29.4. The molecule has 0 unspecified atom stereocenters. The van der Waals surface area contributed by atoms with E-state index < -0.39 is 0 Å². The van der Waals surface area contributed by atoms with Gasteiger partial charge in [-0.3, -0.25) is 9.59 Å². The lowest BCUT2D eigenvalue weighted by Crippen LogP contribution is -2.57. The maximum absolute atomic E-state index is 13.6. The van der Waals surface area contributed by atoms with Crippen molar-refractivity contribution in [3.05, 3.63) is 24.3 Å². The number of hydrogen-bond donors (Lipinski definition) is 1. The molecule has 10 aliphatic rings. The summed E-state index contributed by atoms with van der Waals surface area (Å²) in [6.07, 6.45) is 27.4. The molecule has 0 heterocycles. The van der Waals surface area contributed by atoms with Crippen LogP contribution < -0.4 is 0 Å². The summed E-state index contributed by atoms with van der Waals surface area (Å²) in [5.41, 5.74) is 5.69. The van der Waals surface area contributed by atoms with Gasteiger partial charge in [-0.2, -0.15) is 0 Å². The van der Waals surface area contributed by atoms with Crippen molar-refractivity contribution in [1.29, 1.82) is 0 Å². The van der Waals surface area contributed by atoms with E-state index in [0.717, 1.165) is 61.9 Å². The lowest BCUT2D eigenvalue weighted by Gasteiger charge is -2.63. The fourth-order valence-electron chi connectivity index (χ4n) is 22.7. The molecule has 19 atom stereocenters. The molecule has 10 aliphatic carbocycles. The van der Waals surface area contributed by atoms with Gasteiger partial charge in [-0.25, -0.2) is 0 Å². The van der Waals surface area contributed by atoms with Gasteiger partial charge in [0, 0.05) is 17.8 Å². The number of carbonyl (C=O) groups excluding carboxylic acids is 2. The fourth-order valence-corrected chi connectivity index (χ4v) is 22.7. The van der Waals surface area contributed by atoms with E-state index in [9.17, 15) is 14.7 Å². The Morgan fingerprint density at radius 3 is 1.61 bits per heavy atom. The summed E-state index contributed by atoms with van der Waals surface area (Å²) >= 11 is 0. The molecule has 10 saturated carbocycles. The molecule has 0 amide bonds. The second-order valence-electron chi connectivity index (χ2n) is 29.4. The van der Waals surface area contributed by atoms with Gasteiger partial charge in [-0.1, -0.05) is 100 Å². The van der Waals surface area contributed by atoms with Gasteiger partial charge in [-0.05, 0) is 238 Å². The number of Topliss-reactive ketones (excluding diaryl/α,β-unsaturated/α-hetero) is 1. The van der Waals surface area contributed by atoms with E-state index in [4.69, 9.17) is 4.74 Å². The van der Waals surface area contributed by atoms with Crippen LogP contribution in [0.4, 0.5) is 0 Å². The fraction of sp³-hybridized carbons (Fsp3) is 0.903. The molecular weight excluding hydrogens is 809 g/mol. The highest BCUT2D eigenvalue weighted by molar-refractivity contribution is 5.86. The van der Waals surface area contributed by atoms with Crippen molar-refractivity contribution in [2.24, 2.45) is 113 Å². The monoisotopic (exact) mass is 907 g/mol. The molecular formula is C62H98O4. The third-order valence-corrected chi connectivity index (χ3v) is 27.4. The molecule has 4 nitrogen and oxygen atoms in total.